The Balaban J connectivity index is -0.000000339. The molecule has 3 N–H and O–H groups in total. The van der Waals surface area contributed by atoms with Crippen LogP contribution in [0.2, 0.25) is 0 Å². The van der Waals surface area contributed by atoms with Crippen molar-refractivity contribution in [2.24, 2.45) is 0 Å². The summed E-state index contributed by atoms with van der Waals surface area (Å²) in [7, 11) is 1.60. The van der Waals surface area contributed by atoms with E-state index in [0.29, 0.717) is 11.3 Å². The van der Waals surface area contributed by atoms with Gasteiger partial charge in [-0.2, -0.15) is 0 Å². The maximum Gasteiger partial charge on any atom is 0.251 e. The molecule has 0 spiro atoms. The number of hydrogen-bond acceptors (Lipinski definition) is 2. The number of carbonyl (C=O) groups excluding carboxylic acids is 1. The number of nitrogens with two attached hydrogens (primary N) is 1. The van der Waals surface area contributed by atoms with E-state index in [0.717, 1.165) is 0 Å². The molecule has 0 fully saturated rings. The Morgan fingerprint density at radius 3 is 2.15 bits per heavy atom. The standard InChI is InChI=1S/C8H10N2O.C2H6.2H2/c1-10-8(11)6-2-4-7(9)5-3-6;1-2;;/h2-5H,9H2,1H3,(H,10,11);1-2H3;2*1H. The molecular weight excluding hydrogens is 164 g/mol. The third-order valence-corrected chi connectivity index (χ3v) is 1.40. The lowest BCUT2D eigenvalue weighted by atomic mass is 10.2. The van der Waals surface area contributed by atoms with Gasteiger partial charge in [-0.15, -0.1) is 0 Å². The molecule has 1 aromatic carbocycles. The van der Waals surface area contributed by atoms with E-state index in [2.05, 4.69) is 5.32 Å². The second-order valence-electron chi connectivity index (χ2n) is 2.20. The van der Waals surface area contributed by atoms with Crippen molar-refractivity contribution in [3.63, 3.8) is 0 Å². The van der Waals surface area contributed by atoms with E-state index >= 15 is 0 Å². The molecule has 0 saturated heterocycles. The number of benzene rings is 1. The molecule has 0 aliphatic heterocycles. The Hall–Kier alpha value is -1.51. The van der Waals surface area contributed by atoms with Crippen LogP contribution < -0.4 is 11.1 Å². The van der Waals surface area contributed by atoms with E-state index in [1.807, 2.05) is 13.8 Å². The SMILES string of the molecule is CC.CNC(=O)c1ccc(N)cc1.[HH].[HH]. The van der Waals surface area contributed by atoms with Crippen molar-refractivity contribution < 1.29 is 7.65 Å². The highest BCUT2D eigenvalue weighted by Crippen LogP contribution is 2.04. The van der Waals surface area contributed by atoms with Crippen LogP contribution in [-0.4, -0.2) is 13.0 Å². The Labute approximate surface area is 81.9 Å². The fourth-order valence-electron chi connectivity index (χ4n) is 0.779. The molecule has 1 amide bonds. The lowest BCUT2D eigenvalue weighted by Crippen LogP contribution is -2.17. The molecule has 0 saturated carbocycles. The summed E-state index contributed by atoms with van der Waals surface area (Å²) in [6.07, 6.45) is 0. The molecule has 3 nitrogen and oxygen atoms in total. The summed E-state index contributed by atoms with van der Waals surface area (Å²) in [4.78, 5) is 11.0. The van der Waals surface area contributed by atoms with Gasteiger partial charge in [-0.1, -0.05) is 13.8 Å². The predicted molar refractivity (Wildman–Crippen MR) is 59.8 cm³/mol. The molecule has 76 valence electrons. The maximum atomic E-state index is 11.0. The van der Waals surface area contributed by atoms with Crippen LogP contribution in [0.3, 0.4) is 0 Å². The third kappa shape index (κ3) is 3.60. The van der Waals surface area contributed by atoms with Gasteiger partial charge in [-0.3, -0.25) is 4.79 Å². The predicted octanol–water partition coefficient (Wildman–Crippen LogP) is 2.15. The van der Waals surface area contributed by atoms with Gasteiger partial charge in [-0.25, -0.2) is 0 Å². The lowest BCUT2D eigenvalue weighted by Gasteiger charge is -1.98. The van der Waals surface area contributed by atoms with Gasteiger partial charge in [0.25, 0.3) is 5.91 Å². The summed E-state index contributed by atoms with van der Waals surface area (Å²) in [5.41, 5.74) is 6.73. The minimum absolute atomic E-state index is 0. The molecule has 0 aliphatic carbocycles. The summed E-state index contributed by atoms with van der Waals surface area (Å²) in [5, 5.41) is 2.52. The van der Waals surface area contributed by atoms with E-state index in [4.69, 9.17) is 5.73 Å². The van der Waals surface area contributed by atoms with Crippen LogP contribution in [0, 0.1) is 0 Å². The van der Waals surface area contributed by atoms with Crippen LogP contribution in [0.4, 0.5) is 5.69 Å². The van der Waals surface area contributed by atoms with Gasteiger partial charge >= 0.3 is 0 Å². The number of carbonyl (C=O) groups is 1. The zero-order valence-electron chi connectivity index (χ0n) is 8.29. The fraction of sp³-hybridized carbons (Fsp3) is 0.300. The number of hydrogen-bond donors (Lipinski definition) is 2. The van der Waals surface area contributed by atoms with Gasteiger partial charge < -0.3 is 11.1 Å². The van der Waals surface area contributed by atoms with E-state index in [1.54, 1.807) is 31.3 Å². The lowest BCUT2D eigenvalue weighted by molar-refractivity contribution is 0.0963. The normalized spacial score (nSPS) is 8.23. The first kappa shape index (κ1) is 11.5. The van der Waals surface area contributed by atoms with E-state index in [9.17, 15) is 4.79 Å². The van der Waals surface area contributed by atoms with Crippen LogP contribution >= 0.6 is 0 Å². The smallest absolute Gasteiger partial charge is 0.251 e. The molecule has 1 aromatic rings. The minimum Gasteiger partial charge on any atom is -0.399 e. The summed E-state index contributed by atoms with van der Waals surface area (Å²) < 4.78 is 0. The highest BCUT2D eigenvalue weighted by Gasteiger charge is 1.99. The van der Waals surface area contributed by atoms with Crippen LogP contribution in [-0.2, 0) is 0 Å². The van der Waals surface area contributed by atoms with E-state index < -0.39 is 0 Å². The highest BCUT2D eigenvalue weighted by molar-refractivity contribution is 5.94. The monoisotopic (exact) mass is 184 g/mol. The Bertz CT molecular complexity index is 263. The maximum absolute atomic E-state index is 11.0. The molecule has 0 heterocycles. The van der Waals surface area contributed by atoms with Crippen LogP contribution in [0.15, 0.2) is 24.3 Å². The van der Waals surface area contributed by atoms with Gasteiger partial charge in [0.05, 0.1) is 0 Å². The first-order chi connectivity index (χ1) is 6.24. The summed E-state index contributed by atoms with van der Waals surface area (Å²) >= 11 is 0. The minimum atomic E-state index is -0.0926. The van der Waals surface area contributed by atoms with Crippen molar-refractivity contribution in [2.75, 3.05) is 12.8 Å². The Morgan fingerprint density at radius 2 is 1.77 bits per heavy atom. The van der Waals surface area contributed by atoms with Crippen LogP contribution in [0.1, 0.15) is 27.1 Å². The van der Waals surface area contributed by atoms with E-state index in [1.165, 1.54) is 0 Å². The molecule has 3 heteroatoms. The molecular formula is C10H20N2O. The van der Waals surface area contributed by atoms with Crippen molar-refractivity contribution in [2.45, 2.75) is 13.8 Å². The molecule has 1 rings (SSSR count). The largest absolute Gasteiger partial charge is 0.399 e. The van der Waals surface area contributed by atoms with Gasteiger partial charge in [0, 0.05) is 21.2 Å². The molecule has 0 aromatic heterocycles. The van der Waals surface area contributed by atoms with E-state index in [-0.39, 0.29) is 8.76 Å². The second kappa shape index (κ2) is 6.06. The van der Waals surface area contributed by atoms with Crippen LogP contribution in [0.5, 0.6) is 0 Å². The number of rotatable bonds is 1. The van der Waals surface area contributed by atoms with Crippen molar-refractivity contribution in [3.8, 4) is 0 Å². The van der Waals surface area contributed by atoms with Crippen molar-refractivity contribution >= 4 is 11.6 Å². The summed E-state index contributed by atoms with van der Waals surface area (Å²) in [6, 6.07) is 6.78. The quantitative estimate of drug-likeness (QED) is 0.657. The topological polar surface area (TPSA) is 55.1 Å². The van der Waals surface area contributed by atoms with Gasteiger partial charge in [-0.05, 0) is 24.3 Å². The number of anilines is 1. The highest BCUT2D eigenvalue weighted by atomic mass is 16.1. The molecule has 0 atom stereocenters. The van der Waals surface area contributed by atoms with Crippen molar-refractivity contribution in [1.82, 2.24) is 5.32 Å². The van der Waals surface area contributed by atoms with Crippen LogP contribution in [0.25, 0.3) is 0 Å². The zero-order valence-corrected chi connectivity index (χ0v) is 8.29. The Kier molecular flexibility index (Phi) is 5.35. The molecule has 0 aliphatic rings. The first-order valence-electron chi connectivity index (χ1n) is 4.31. The van der Waals surface area contributed by atoms with Crippen molar-refractivity contribution in [3.05, 3.63) is 29.8 Å². The van der Waals surface area contributed by atoms with Gasteiger partial charge in [0.15, 0.2) is 0 Å². The third-order valence-electron chi connectivity index (χ3n) is 1.40. The number of amides is 1. The number of nitrogens with one attached hydrogen (secondary N) is 1. The first-order valence-corrected chi connectivity index (χ1v) is 4.31. The molecule has 13 heavy (non-hydrogen) atoms. The molecule has 0 radical (unpaired) electrons. The van der Waals surface area contributed by atoms with Gasteiger partial charge in [0.1, 0.15) is 0 Å². The number of nitrogen functional groups attached to an aromatic ring is 1. The van der Waals surface area contributed by atoms with Crippen molar-refractivity contribution in [1.29, 1.82) is 0 Å². The Morgan fingerprint density at radius 1 is 1.31 bits per heavy atom. The average molecular weight is 184 g/mol. The molecule has 0 bridgehead atoms. The molecule has 0 unspecified atom stereocenters. The van der Waals surface area contributed by atoms with Gasteiger partial charge in [0.2, 0.25) is 0 Å². The fourth-order valence-corrected chi connectivity index (χ4v) is 0.779. The second-order valence-corrected chi connectivity index (χ2v) is 2.20. The summed E-state index contributed by atoms with van der Waals surface area (Å²) in [5.74, 6) is -0.0926. The summed E-state index contributed by atoms with van der Waals surface area (Å²) in [6.45, 7) is 4.00. The zero-order chi connectivity index (χ0) is 10.3. The average Bonchev–Trinajstić information content (AvgIpc) is 2.21.